The molecule has 6 aromatic carbocycles. The Morgan fingerprint density at radius 1 is 0.471 bits per heavy atom. The molecule has 3 nitrogen and oxygen atoms in total. The lowest BCUT2D eigenvalue weighted by Gasteiger charge is -2.18. The van der Waals surface area contributed by atoms with Crippen LogP contribution in [0.1, 0.15) is 12.5 Å². The molecule has 0 amide bonds. The minimum absolute atomic E-state index is 0.255. The first-order valence-electron chi connectivity index (χ1n) is 17.6. The Morgan fingerprint density at radius 3 is 1.73 bits per heavy atom. The van der Waals surface area contributed by atoms with Gasteiger partial charge in [-0.2, -0.15) is 0 Å². The van der Waals surface area contributed by atoms with Crippen LogP contribution in [0.4, 0.5) is 0 Å². The number of hydrogen-bond acceptors (Lipinski definition) is 2. The van der Waals surface area contributed by atoms with Crippen molar-refractivity contribution in [3.05, 3.63) is 182 Å². The molecule has 3 aromatic heterocycles. The van der Waals surface area contributed by atoms with E-state index in [0.29, 0.717) is 0 Å². The maximum atomic E-state index is 4.97. The van der Waals surface area contributed by atoms with Crippen LogP contribution in [0.5, 0.6) is 0 Å². The molecule has 240 valence electrons. The fraction of sp³-hybridized carbons (Fsp3) is 0.0417. The van der Waals surface area contributed by atoms with Crippen molar-refractivity contribution < 1.29 is 0 Å². The summed E-state index contributed by atoms with van der Waals surface area (Å²) in [4.78, 5) is 9.77. The summed E-state index contributed by atoms with van der Waals surface area (Å²) in [5, 5.41) is 7.43. The van der Waals surface area contributed by atoms with Crippen LogP contribution in [0.3, 0.4) is 0 Å². The standard InChI is InChI=1S/C48H33N3/c1-3-12-33(13-4-1)46-38-16-7-9-18-40(38)47(41-19-10-8-17-39(41)46)34-23-21-32(22-24-34)36-25-27-44(50-31-36)35-26-28-45-43(30-35)42-20-11-29-49-48(42)51(45)37-14-5-2-6-15-37/h1-14,16-31,37H,15H2. The number of nitrogens with zero attached hydrogens (tertiary/aromatic N) is 3. The molecular weight excluding hydrogens is 619 g/mol. The first-order valence-corrected chi connectivity index (χ1v) is 17.6. The van der Waals surface area contributed by atoms with Gasteiger partial charge in [0, 0.05) is 34.3 Å². The van der Waals surface area contributed by atoms with Gasteiger partial charge in [0.05, 0.1) is 17.3 Å². The molecule has 3 heteroatoms. The number of fused-ring (bicyclic) bond motifs is 5. The third-order valence-corrected chi connectivity index (χ3v) is 10.4. The number of allylic oxidation sites excluding steroid dienone is 4. The van der Waals surface area contributed by atoms with Crippen molar-refractivity contribution in [3.8, 4) is 44.6 Å². The topological polar surface area (TPSA) is 30.7 Å². The molecule has 10 rings (SSSR count). The summed E-state index contributed by atoms with van der Waals surface area (Å²) in [5.74, 6) is 0. The number of rotatable bonds is 5. The van der Waals surface area contributed by atoms with Gasteiger partial charge in [0.25, 0.3) is 0 Å². The summed E-state index contributed by atoms with van der Waals surface area (Å²) in [6, 6.07) is 52.8. The zero-order valence-electron chi connectivity index (χ0n) is 27.9. The maximum absolute atomic E-state index is 4.97. The maximum Gasteiger partial charge on any atom is 0.141 e. The molecule has 1 aliphatic carbocycles. The number of pyridine rings is 2. The van der Waals surface area contributed by atoms with Gasteiger partial charge in [-0.25, -0.2) is 4.98 Å². The van der Waals surface area contributed by atoms with E-state index in [-0.39, 0.29) is 6.04 Å². The van der Waals surface area contributed by atoms with E-state index in [1.807, 2.05) is 18.5 Å². The molecule has 0 saturated heterocycles. The molecule has 9 aromatic rings. The third-order valence-electron chi connectivity index (χ3n) is 10.4. The minimum atomic E-state index is 0.255. The number of hydrogen-bond donors (Lipinski definition) is 0. The average molecular weight is 652 g/mol. The number of aromatic nitrogens is 3. The van der Waals surface area contributed by atoms with Gasteiger partial charge in [-0.3, -0.25) is 4.98 Å². The van der Waals surface area contributed by atoms with E-state index in [1.54, 1.807) is 0 Å². The Hall–Kier alpha value is -6.58. The first-order chi connectivity index (χ1) is 25.3. The Balaban J connectivity index is 1.01. The van der Waals surface area contributed by atoms with Crippen LogP contribution in [0.15, 0.2) is 182 Å². The van der Waals surface area contributed by atoms with Gasteiger partial charge in [-0.05, 0) is 86.1 Å². The summed E-state index contributed by atoms with van der Waals surface area (Å²) in [6.07, 6.45) is 13.6. The fourth-order valence-corrected chi connectivity index (χ4v) is 8.05. The third kappa shape index (κ3) is 4.89. The van der Waals surface area contributed by atoms with Crippen molar-refractivity contribution in [3.63, 3.8) is 0 Å². The van der Waals surface area contributed by atoms with Crippen molar-refractivity contribution in [1.29, 1.82) is 0 Å². The molecule has 1 unspecified atom stereocenters. The van der Waals surface area contributed by atoms with Crippen molar-refractivity contribution >= 4 is 43.5 Å². The van der Waals surface area contributed by atoms with E-state index in [2.05, 4.69) is 168 Å². The second-order valence-corrected chi connectivity index (χ2v) is 13.3. The van der Waals surface area contributed by atoms with Crippen molar-refractivity contribution in [2.45, 2.75) is 12.5 Å². The van der Waals surface area contributed by atoms with Crippen molar-refractivity contribution in [2.24, 2.45) is 0 Å². The van der Waals surface area contributed by atoms with E-state index < -0.39 is 0 Å². The highest BCUT2D eigenvalue weighted by molar-refractivity contribution is 6.21. The van der Waals surface area contributed by atoms with Gasteiger partial charge in [0.2, 0.25) is 0 Å². The van der Waals surface area contributed by atoms with Crippen LogP contribution in [-0.4, -0.2) is 14.5 Å². The Bertz CT molecular complexity index is 2750. The lowest BCUT2D eigenvalue weighted by atomic mass is 9.86. The van der Waals surface area contributed by atoms with Gasteiger partial charge < -0.3 is 4.57 Å². The molecule has 0 saturated carbocycles. The zero-order chi connectivity index (χ0) is 33.7. The molecule has 0 N–H and O–H groups in total. The lowest BCUT2D eigenvalue weighted by Crippen LogP contribution is -2.07. The van der Waals surface area contributed by atoms with E-state index in [0.717, 1.165) is 34.5 Å². The Morgan fingerprint density at radius 2 is 1.08 bits per heavy atom. The fourth-order valence-electron chi connectivity index (χ4n) is 8.05. The van der Waals surface area contributed by atoms with E-state index in [9.17, 15) is 0 Å². The van der Waals surface area contributed by atoms with Crippen LogP contribution in [0, 0.1) is 0 Å². The highest BCUT2D eigenvalue weighted by Gasteiger charge is 2.19. The van der Waals surface area contributed by atoms with E-state index in [4.69, 9.17) is 9.97 Å². The molecular formula is C48H33N3. The Kier molecular flexibility index (Phi) is 6.95. The summed E-state index contributed by atoms with van der Waals surface area (Å²) < 4.78 is 2.37. The lowest BCUT2D eigenvalue weighted by molar-refractivity contribution is 0.643. The molecule has 0 bridgehead atoms. The van der Waals surface area contributed by atoms with Gasteiger partial charge >= 0.3 is 0 Å². The summed E-state index contributed by atoms with van der Waals surface area (Å²) >= 11 is 0. The van der Waals surface area contributed by atoms with Crippen LogP contribution in [0.25, 0.3) is 88.1 Å². The van der Waals surface area contributed by atoms with Crippen molar-refractivity contribution in [2.75, 3.05) is 0 Å². The monoisotopic (exact) mass is 651 g/mol. The quantitative estimate of drug-likeness (QED) is 0.173. The molecule has 0 spiro atoms. The summed E-state index contributed by atoms with van der Waals surface area (Å²) in [5.41, 5.74) is 11.5. The van der Waals surface area contributed by atoms with Gasteiger partial charge in [0.15, 0.2) is 0 Å². The highest BCUT2D eigenvalue weighted by atomic mass is 15.1. The van der Waals surface area contributed by atoms with Gasteiger partial charge in [-0.15, -0.1) is 0 Å². The van der Waals surface area contributed by atoms with E-state index in [1.165, 1.54) is 60.1 Å². The van der Waals surface area contributed by atoms with Gasteiger partial charge in [0.1, 0.15) is 5.65 Å². The largest absolute Gasteiger partial charge is 0.318 e. The van der Waals surface area contributed by atoms with Crippen LogP contribution < -0.4 is 0 Å². The number of benzene rings is 6. The molecule has 0 aliphatic heterocycles. The zero-order valence-corrected chi connectivity index (χ0v) is 27.9. The molecule has 51 heavy (non-hydrogen) atoms. The predicted molar refractivity (Wildman–Crippen MR) is 214 cm³/mol. The SMILES string of the molecule is C1=CCC(n2c3ccc(-c4ccc(-c5ccc(-c6c7ccccc7c(-c7ccccc7)c7ccccc67)cc5)cn4)cc3c3cccnc32)C=C1. The summed E-state index contributed by atoms with van der Waals surface area (Å²) in [6.45, 7) is 0. The molecule has 0 fully saturated rings. The molecule has 1 atom stereocenters. The van der Waals surface area contributed by atoms with Gasteiger partial charge in [-0.1, -0.05) is 140 Å². The van der Waals surface area contributed by atoms with Crippen molar-refractivity contribution in [1.82, 2.24) is 14.5 Å². The molecule has 1 aliphatic rings. The molecule has 0 radical (unpaired) electrons. The second kappa shape index (κ2) is 12.1. The minimum Gasteiger partial charge on any atom is -0.318 e. The van der Waals surface area contributed by atoms with E-state index >= 15 is 0 Å². The highest BCUT2D eigenvalue weighted by Crippen LogP contribution is 2.44. The van der Waals surface area contributed by atoms with Crippen LogP contribution >= 0.6 is 0 Å². The average Bonchev–Trinajstić information content (AvgIpc) is 3.54. The smallest absolute Gasteiger partial charge is 0.141 e. The molecule has 3 heterocycles. The predicted octanol–water partition coefficient (Wildman–Crippen LogP) is 12.6. The second-order valence-electron chi connectivity index (χ2n) is 13.3. The summed E-state index contributed by atoms with van der Waals surface area (Å²) in [7, 11) is 0. The normalized spacial score (nSPS) is 14.2. The van der Waals surface area contributed by atoms with Crippen LogP contribution in [-0.2, 0) is 0 Å². The first kappa shape index (κ1) is 29.3. The Labute approximate surface area is 296 Å². The van der Waals surface area contributed by atoms with Crippen LogP contribution in [0.2, 0.25) is 0 Å².